The number of hydrogen-bond acceptors (Lipinski definition) is 4. The Kier molecular flexibility index (Phi) is 6.57. The van der Waals surface area contributed by atoms with Crippen LogP contribution in [0, 0.1) is 5.92 Å². The Labute approximate surface area is 148 Å². The fourth-order valence-electron chi connectivity index (χ4n) is 2.20. The molecule has 1 unspecified atom stereocenters. The van der Waals surface area contributed by atoms with Crippen molar-refractivity contribution in [3.05, 3.63) is 60.2 Å². The third-order valence-electron chi connectivity index (χ3n) is 3.49. The van der Waals surface area contributed by atoms with Crippen LogP contribution in [-0.4, -0.2) is 18.5 Å². The first-order chi connectivity index (χ1) is 12.0. The summed E-state index contributed by atoms with van der Waals surface area (Å²) in [7, 11) is 0. The summed E-state index contributed by atoms with van der Waals surface area (Å²) in [5.41, 5.74) is 1.15. The molecular formula is C20H23NO4. The van der Waals surface area contributed by atoms with Crippen molar-refractivity contribution in [2.24, 2.45) is 5.92 Å². The van der Waals surface area contributed by atoms with E-state index in [9.17, 15) is 9.59 Å². The van der Waals surface area contributed by atoms with E-state index in [2.05, 4.69) is 5.32 Å². The second kappa shape index (κ2) is 8.87. The number of esters is 1. The molecule has 132 valence electrons. The first kappa shape index (κ1) is 18.5. The smallest absolute Gasteiger partial charge is 0.309 e. The van der Waals surface area contributed by atoms with Crippen LogP contribution in [0.2, 0.25) is 0 Å². The molecule has 0 saturated carbocycles. The molecule has 0 fully saturated rings. The summed E-state index contributed by atoms with van der Waals surface area (Å²) in [5.74, 6) is -0.607. The summed E-state index contributed by atoms with van der Waals surface area (Å²) in [4.78, 5) is 24.8. The highest BCUT2D eigenvalue weighted by molar-refractivity contribution is 5.97. The monoisotopic (exact) mass is 341 g/mol. The lowest BCUT2D eigenvalue weighted by molar-refractivity contribution is -0.157. The Bertz CT molecular complexity index is 713. The third-order valence-corrected chi connectivity index (χ3v) is 3.49. The van der Waals surface area contributed by atoms with Gasteiger partial charge in [-0.3, -0.25) is 9.59 Å². The zero-order valence-corrected chi connectivity index (χ0v) is 14.7. The molecule has 0 spiro atoms. The van der Waals surface area contributed by atoms with Crippen LogP contribution in [0.3, 0.4) is 0 Å². The predicted molar refractivity (Wildman–Crippen MR) is 96.4 cm³/mol. The molecular weight excluding hydrogens is 318 g/mol. The molecule has 5 heteroatoms. The van der Waals surface area contributed by atoms with Gasteiger partial charge in [0.15, 0.2) is 0 Å². The fourth-order valence-corrected chi connectivity index (χ4v) is 2.20. The van der Waals surface area contributed by atoms with Crippen LogP contribution in [0.4, 0.5) is 5.69 Å². The van der Waals surface area contributed by atoms with Crippen molar-refractivity contribution in [1.29, 1.82) is 0 Å². The zero-order chi connectivity index (χ0) is 18.2. The van der Waals surface area contributed by atoms with Gasteiger partial charge in [0, 0.05) is 5.56 Å². The van der Waals surface area contributed by atoms with Crippen molar-refractivity contribution in [1.82, 2.24) is 0 Å². The van der Waals surface area contributed by atoms with E-state index in [1.165, 1.54) is 0 Å². The Morgan fingerprint density at radius 2 is 1.64 bits per heavy atom. The molecule has 1 N–H and O–H groups in total. The minimum Gasteiger partial charge on any atom is -0.492 e. The zero-order valence-electron chi connectivity index (χ0n) is 14.7. The Hall–Kier alpha value is -2.82. The van der Waals surface area contributed by atoms with E-state index < -0.39 is 18.0 Å². The molecule has 1 amide bonds. The molecule has 5 nitrogen and oxygen atoms in total. The van der Waals surface area contributed by atoms with Gasteiger partial charge in [-0.2, -0.15) is 0 Å². The van der Waals surface area contributed by atoms with Crippen molar-refractivity contribution < 1.29 is 19.1 Å². The van der Waals surface area contributed by atoms with Gasteiger partial charge < -0.3 is 14.8 Å². The lowest BCUT2D eigenvalue weighted by Gasteiger charge is -2.20. The van der Waals surface area contributed by atoms with Gasteiger partial charge in [-0.1, -0.05) is 56.3 Å². The van der Waals surface area contributed by atoms with Crippen LogP contribution in [0.25, 0.3) is 0 Å². The largest absolute Gasteiger partial charge is 0.492 e. The maximum Gasteiger partial charge on any atom is 0.309 e. The van der Waals surface area contributed by atoms with Crippen molar-refractivity contribution in [2.45, 2.75) is 26.9 Å². The highest BCUT2D eigenvalue weighted by Gasteiger charge is 2.26. The first-order valence-corrected chi connectivity index (χ1v) is 8.31. The highest BCUT2D eigenvalue weighted by Crippen LogP contribution is 2.27. The van der Waals surface area contributed by atoms with E-state index in [1.54, 1.807) is 56.3 Å². The normalized spacial score (nSPS) is 11.7. The van der Waals surface area contributed by atoms with E-state index in [4.69, 9.17) is 9.47 Å². The highest BCUT2D eigenvalue weighted by atomic mass is 16.5. The molecule has 0 aliphatic rings. The number of hydrogen-bond donors (Lipinski definition) is 1. The van der Waals surface area contributed by atoms with Crippen LogP contribution >= 0.6 is 0 Å². The topological polar surface area (TPSA) is 64.6 Å². The maximum absolute atomic E-state index is 12.8. The van der Waals surface area contributed by atoms with Crippen molar-refractivity contribution in [3.8, 4) is 5.75 Å². The molecule has 0 heterocycles. The van der Waals surface area contributed by atoms with E-state index in [0.717, 1.165) is 0 Å². The lowest BCUT2D eigenvalue weighted by atomic mass is 10.1. The molecule has 2 aromatic rings. The molecule has 2 aromatic carbocycles. The summed E-state index contributed by atoms with van der Waals surface area (Å²) in [6.07, 6.45) is -1.02. The number of para-hydroxylation sites is 2. The number of nitrogens with one attached hydrogen (secondary N) is 1. The van der Waals surface area contributed by atoms with E-state index in [0.29, 0.717) is 23.6 Å². The summed E-state index contributed by atoms with van der Waals surface area (Å²) >= 11 is 0. The molecule has 25 heavy (non-hydrogen) atoms. The number of amides is 1. The summed E-state index contributed by atoms with van der Waals surface area (Å²) in [5, 5.41) is 2.80. The molecule has 0 bridgehead atoms. The van der Waals surface area contributed by atoms with Gasteiger partial charge in [0.2, 0.25) is 6.10 Å². The molecule has 0 aliphatic heterocycles. The predicted octanol–water partition coefficient (Wildman–Crippen LogP) is 3.96. The molecule has 1 atom stereocenters. The van der Waals surface area contributed by atoms with Crippen LogP contribution in [0.1, 0.15) is 32.4 Å². The number of anilines is 1. The van der Waals surface area contributed by atoms with Crippen LogP contribution in [-0.2, 0) is 14.3 Å². The van der Waals surface area contributed by atoms with Crippen molar-refractivity contribution in [2.75, 3.05) is 11.9 Å². The minimum atomic E-state index is -1.02. The van der Waals surface area contributed by atoms with E-state index in [1.807, 2.05) is 19.1 Å². The lowest BCUT2D eigenvalue weighted by Crippen LogP contribution is -2.27. The quantitative estimate of drug-likeness (QED) is 0.774. The number of benzene rings is 2. The van der Waals surface area contributed by atoms with Gasteiger partial charge >= 0.3 is 5.97 Å². The van der Waals surface area contributed by atoms with Gasteiger partial charge in [-0.15, -0.1) is 0 Å². The Morgan fingerprint density at radius 1 is 1.00 bits per heavy atom. The maximum atomic E-state index is 12.8. The minimum absolute atomic E-state index is 0.324. The number of ether oxygens (including phenoxy) is 2. The number of rotatable bonds is 7. The number of carbonyl (C=O) groups excluding carboxylic acids is 2. The molecule has 2 rings (SSSR count). The molecule has 0 aliphatic carbocycles. The van der Waals surface area contributed by atoms with Crippen LogP contribution < -0.4 is 10.1 Å². The standard InChI is InChI=1S/C20H23NO4/c1-4-24-17-13-9-8-12-16(17)21-19(22)18(25-20(23)14(2)3)15-10-6-5-7-11-15/h5-14,18H,4H2,1-3H3,(H,21,22). The van der Waals surface area contributed by atoms with Gasteiger partial charge in [-0.25, -0.2) is 0 Å². The first-order valence-electron chi connectivity index (χ1n) is 8.31. The van der Waals surface area contributed by atoms with E-state index >= 15 is 0 Å². The Morgan fingerprint density at radius 3 is 2.28 bits per heavy atom. The van der Waals surface area contributed by atoms with Crippen molar-refractivity contribution in [3.63, 3.8) is 0 Å². The summed E-state index contributed by atoms with van der Waals surface area (Å²) in [6.45, 7) is 5.81. The molecule has 0 aromatic heterocycles. The van der Waals surface area contributed by atoms with E-state index in [-0.39, 0.29) is 5.92 Å². The average molecular weight is 341 g/mol. The van der Waals surface area contributed by atoms with Gasteiger partial charge in [0.05, 0.1) is 18.2 Å². The molecule has 0 saturated heterocycles. The molecule has 0 radical (unpaired) electrons. The second-order valence-corrected chi connectivity index (χ2v) is 5.80. The summed E-state index contributed by atoms with van der Waals surface area (Å²) < 4.78 is 11.0. The third kappa shape index (κ3) is 5.08. The van der Waals surface area contributed by atoms with Crippen LogP contribution in [0.15, 0.2) is 54.6 Å². The van der Waals surface area contributed by atoms with Gasteiger partial charge in [0.25, 0.3) is 5.91 Å². The van der Waals surface area contributed by atoms with Gasteiger partial charge in [0.1, 0.15) is 5.75 Å². The van der Waals surface area contributed by atoms with Crippen LogP contribution in [0.5, 0.6) is 5.75 Å². The number of carbonyl (C=O) groups is 2. The SMILES string of the molecule is CCOc1ccccc1NC(=O)C(OC(=O)C(C)C)c1ccccc1. The van der Waals surface area contributed by atoms with Gasteiger partial charge in [-0.05, 0) is 19.1 Å². The van der Waals surface area contributed by atoms with Crippen molar-refractivity contribution >= 4 is 17.6 Å². The fraction of sp³-hybridized carbons (Fsp3) is 0.300. The Balaban J connectivity index is 2.25. The summed E-state index contributed by atoms with van der Waals surface area (Å²) in [6, 6.07) is 16.1. The second-order valence-electron chi connectivity index (χ2n) is 5.80. The average Bonchev–Trinajstić information content (AvgIpc) is 2.61.